The van der Waals surface area contributed by atoms with Gasteiger partial charge in [-0.2, -0.15) is 0 Å². The average molecular weight is 341 g/mol. The highest BCUT2D eigenvalue weighted by Gasteiger charge is 2.46. The third-order valence-electron chi connectivity index (χ3n) is 6.13. The summed E-state index contributed by atoms with van der Waals surface area (Å²) in [4.78, 5) is 13.1. The lowest BCUT2D eigenvalue weighted by Crippen LogP contribution is -2.47. The fraction of sp³-hybridized carbons (Fsp3) is 0.952. The summed E-state index contributed by atoms with van der Waals surface area (Å²) in [6, 6.07) is 0. The van der Waals surface area contributed by atoms with Gasteiger partial charge >= 0.3 is 5.97 Å². The Kier molecular flexibility index (Phi) is 6.58. The van der Waals surface area contributed by atoms with Crippen molar-refractivity contribution in [1.82, 2.24) is 0 Å². The Hall–Kier alpha value is -0.570. The average Bonchev–Trinajstić information content (AvgIpc) is 2.38. The van der Waals surface area contributed by atoms with Crippen LogP contribution in [0.25, 0.3) is 0 Å². The highest BCUT2D eigenvalue weighted by atomic mass is 16.6. The molecule has 3 nitrogen and oxygen atoms in total. The monoisotopic (exact) mass is 340 g/mol. The second-order valence-corrected chi connectivity index (χ2v) is 10.4. The molecule has 1 rings (SSSR count). The molecule has 0 aromatic carbocycles. The zero-order valence-corrected chi connectivity index (χ0v) is 17.4. The molecular formula is C21H40O3. The molecule has 0 bridgehead atoms. The lowest BCUT2D eigenvalue weighted by atomic mass is 9.68. The van der Waals surface area contributed by atoms with Crippen LogP contribution >= 0.6 is 0 Å². The van der Waals surface area contributed by atoms with Crippen LogP contribution in [0.2, 0.25) is 0 Å². The number of hydrogen-bond donors (Lipinski definition) is 1. The molecule has 0 saturated heterocycles. The van der Waals surface area contributed by atoms with Crippen molar-refractivity contribution in [2.24, 2.45) is 28.6 Å². The predicted octanol–water partition coefficient (Wildman–Crippen LogP) is 5.20. The number of esters is 1. The molecule has 4 atom stereocenters. The minimum Gasteiger partial charge on any atom is -0.459 e. The maximum atomic E-state index is 13.1. The molecule has 0 aromatic rings. The summed E-state index contributed by atoms with van der Waals surface area (Å²) in [6.45, 7) is 18.9. The van der Waals surface area contributed by atoms with Crippen molar-refractivity contribution in [3.8, 4) is 0 Å². The highest BCUT2D eigenvalue weighted by Crippen LogP contribution is 2.43. The first-order valence-corrected chi connectivity index (χ1v) is 9.60. The van der Waals surface area contributed by atoms with Crippen molar-refractivity contribution >= 4 is 5.97 Å². The quantitative estimate of drug-likeness (QED) is 0.699. The Bertz CT molecular complexity index is 433. The zero-order valence-electron chi connectivity index (χ0n) is 17.4. The molecule has 0 amide bonds. The summed E-state index contributed by atoms with van der Waals surface area (Å²) >= 11 is 0. The molecule has 0 heterocycles. The van der Waals surface area contributed by atoms with Crippen molar-refractivity contribution in [2.75, 3.05) is 0 Å². The van der Waals surface area contributed by atoms with E-state index in [2.05, 4.69) is 41.5 Å². The van der Waals surface area contributed by atoms with E-state index in [-0.39, 0.29) is 29.3 Å². The molecule has 0 aliphatic heterocycles. The van der Waals surface area contributed by atoms with Crippen LogP contribution in [-0.2, 0) is 9.53 Å². The van der Waals surface area contributed by atoms with Gasteiger partial charge < -0.3 is 9.84 Å². The minimum atomic E-state index is -0.535. The summed E-state index contributed by atoms with van der Waals surface area (Å²) in [6.07, 6.45) is 3.25. The lowest BCUT2D eigenvalue weighted by molar-refractivity contribution is -0.181. The largest absolute Gasteiger partial charge is 0.459 e. The van der Waals surface area contributed by atoms with Gasteiger partial charge in [0.25, 0.3) is 0 Å². The van der Waals surface area contributed by atoms with Gasteiger partial charge in [-0.05, 0) is 63.7 Å². The molecular weight excluding hydrogens is 300 g/mol. The van der Waals surface area contributed by atoms with E-state index in [9.17, 15) is 9.90 Å². The van der Waals surface area contributed by atoms with Crippen LogP contribution in [0.5, 0.6) is 0 Å². The van der Waals surface area contributed by atoms with Crippen LogP contribution < -0.4 is 0 Å². The van der Waals surface area contributed by atoms with Gasteiger partial charge in [0.1, 0.15) is 5.60 Å². The molecule has 0 radical (unpaired) electrons. The fourth-order valence-corrected chi connectivity index (χ4v) is 3.98. The Morgan fingerprint density at radius 1 is 1.12 bits per heavy atom. The first kappa shape index (κ1) is 21.5. The first-order valence-electron chi connectivity index (χ1n) is 9.60. The van der Waals surface area contributed by atoms with E-state index < -0.39 is 11.0 Å². The summed E-state index contributed by atoms with van der Waals surface area (Å²) in [5, 5.41) is 10.2. The van der Waals surface area contributed by atoms with Crippen molar-refractivity contribution < 1.29 is 14.6 Å². The van der Waals surface area contributed by atoms with E-state index in [0.717, 1.165) is 25.7 Å². The van der Waals surface area contributed by atoms with Crippen LogP contribution in [0.4, 0.5) is 0 Å². The van der Waals surface area contributed by atoms with Gasteiger partial charge in [-0.25, -0.2) is 0 Å². The molecule has 1 N–H and O–H groups in total. The Balaban J connectivity index is 2.89. The topological polar surface area (TPSA) is 46.5 Å². The maximum Gasteiger partial charge on any atom is 0.312 e. The zero-order chi connectivity index (χ0) is 18.9. The van der Waals surface area contributed by atoms with Crippen molar-refractivity contribution in [3.05, 3.63) is 0 Å². The highest BCUT2D eigenvalue weighted by molar-refractivity contribution is 5.77. The van der Waals surface area contributed by atoms with Crippen molar-refractivity contribution in [3.63, 3.8) is 0 Å². The van der Waals surface area contributed by atoms with Crippen LogP contribution in [-0.4, -0.2) is 22.8 Å². The summed E-state index contributed by atoms with van der Waals surface area (Å²) in [7, 11) is 0. The third-order valence-corrected chi connectivity index (χ3v) is 6.13. The molecule has 4 unspecified atom stereocenters. The van der Waals surface area contributed by atoms with Gasteiger partial charge in [-0.1, -0.05) is 41.5 Å². The molecule has 0 aromatic heterocycles. The standard InChI is InChI=1S/C21H40O3/c1-14(2)21(9,13-19(4,5)6)18(23)24-20(7,8)16-11-10-15(3)17(22)12-16/h14-17,22H,10-13H2,1-9H3. The Morgan fingerprint density at radius 2 is 1.67 bits per heavy atom. The summed E-state index contributed by atoms with van der Waals surface area (Å²) in [5.74, 6) is 0.691. The van der Waals surface area contributed by atoms with Crippen LogP contribution in [0.3, 0.4) is 0 Å². The molecule has 1 fully saturated rings. The summed E-state index contributed by atoms with van der Waals surface area (Å²) < 4.78 is 6.08. The number of carbonyl (C=O) groups excluding carboxylic acids is 1. The van der Waals surface area contributed by atoms with Gasteiger partial charge in [0.05, 0.1) is 11.5 Å². The van der Waals surface area contributed by atoms with Crippen LogP contribution in [0, 0.1) is 28.6 Å². The molecule has 1 aliphatic carbocycles. The van der Waals surface area contributed by atoms with Crippen molar-refractivity contribution in [1.29, 1.82) is 0 Å². The summed E-state index contributed by atoms with van der Waals surface area (Å²) in [5.41, 5.74) is -0.957. The van der Waals surface area contributed by atoms with Gasteiger partial charge in [-0.15, -0.1) is 0 Å². The molecule has 3 heteroatoms. The number of ether oxygens (including phenoxy) is 1. The second kappa shape index (κ2) is 7.35. The Morgan fingerprint density at radius 3 is 2.08 bits per heavy atom. The number of rotatable bonds is 5. The van der Waals surface area contributed by atoms with Gasteiger partial charge in [0, 0.05) is 5.92 Å². The smallest absolute Gasteiger partial charge is 0.312 e. The normalized spacial score (nSPS) is 28.5. The third kappa shape index (κ3) is 5.21. The second-order valence-electron chi connectivity index (χ2n) is 10.4. The van der Waals surface area contributed by atoms with Gasteiger partial charge in [-0.3, -0.25) is 4.79 Å². The van der Waals surface area contributed by atoms with E-state index in [1.54, 1.807) is 0 Å². The van der Waals surface area contributed by atoms with Crippen LogP contribution in [0.1, 0.15) is 88.0 Å². The van der Waals surface area contributed by atoms with Crippen molar-refractivity contribution in [2.45, 2.75) is 99.7 Å². The van der Waals surface area contributed by atoms with Gasteiger partial charge in [0.15, 0.2) is 0 Å². The molecule has 24 heavy (non-hydrogen) atoms. The Labute approximate surface area is 149 Å². The number of hydrogen-bond acceptors (Lipinski definition) is 3. The van der Waals surface area contributed by atoms with E-state index in [0.29, 0.717) is 5.92 Å². The van der Waals surface area contributed by atoms with E-state index >= 15 is 0 Å². The predicted molar refractivity (Wildman–Crippen MR) is 99.7 cm³/mol. The van der Waals surface area contributed by atoms with E-state index in [1.807, 2.05) is 20.8 Å². The minimum absolute atomic E-state index is 0.0681. The number of aliphatic hydroxyl groups is 1. The van der Waals surface area contributed by atoms with E-state index in [4.69, 9.17) is 4.74 Å². The SMILES string of the molecule is CC1CCC(C(C)(C)OC(=O)C(C)(CC(C)(C)C)C(C)C)CC1O. The molecule has 1 aliphatic rings. The van der Waals surface area contributed by atoms with Gasteiger partial charge in [0.2, 0.25) is 0 Å². The molecule has 0 spiro atoms. The fourth-order valence-electron chi connectivity index (χ4n) is 3.98. The number of aliphatic hydroxyl groups excluding tert-OH is 1. The van der Waals surface area contributed by atoms with E-state index in [1.165, 1.54) is 0 Å². The maximum absolute atomic E-state index is 13.1. The molecule has 142 valence electrons. The molecule has 1 saturated carbocycles. The first-order chi connectivity index (χ1) is 10.7. The number of carbonyl (C=O) groups is 1. The lowest BCUT2D eigenvalue weighted by Gasteiger charge is -2.44. The van der Waals surface area contributed by atoms with Crippen LogP contribution in [0.15, 0.2) is 0 Å².